The first-order chi connectivity index (χ1) is 16.4. The molecule has 0 saturated heterocycles. The van der Waals surface area contributed by atoms with Crippen molar-refractivity contribution >= 4 is 0 Å². The van der Waals surface area contributed by atoms with Crippen molar-refractivity contribution in [3.8, 4) is 0 Å². The lowest BCUT2D eigenvalue weighted by Crippen LogP contribution is -2.12. The smallest absolute Gasteiger partial charge is 0.207 e. The average Bonchev–Trinajstić information content (AvgIpc) is 2.71. The number of hydrogen-bond donors (Lipinski definition) is 0. The molecule has 0 unspecified atom stereocenters. The second-order valence-corrected chi connectivity index (χ2v) is 8.26. The van der Waals surface area contributed by atoms with Gasteiger partial charge in [-0.05, 0) is 85.2 Å². The van der Waals surface area contributed by atoms with Gasteiger partial charge >= 0.3 is 6.18 Å². The maximum atomic E-state index is 14.5. The number of halogens is 9. The van der Waals surface area contributed by atoms with Gasteiger partial charge in [0.1, 0.15) is 40.5 Å². The van der Waals surface area contributed by atoms with E-state index < -0.39 is 52.2 Å². The number of rotatable bonds is 8. The molecule has 0 heterocycles. The molecule has 0 amide bonds. The van der Waals surface area contributed by atoms with E-state index in [0.29, 0.717) is 30.5 Å². The first-order valence-electron chi connectivity index (χ1n) is 10.9. The minimum absolute atomic E-state index is 0.0512. The largest absolute Gasteiger partial charge is 0.422 e. The molecule has 0 aromatic heterocycles. The Morgan fingerprint density at radius 3 is 1.11 bits per heavy atom. The van der Waals surface area contributed by atoms with Crippen molar-refractivity contribution in [2.24, 2.45) is 0 Å². The van der Waals surface area contributed by atoms with Crippen LogP contribution >= 0.6 is 0 Å². The van der Waals surface area contributed by atoms with Crippen molar-refractivity contribution in [1.82, 2.24) is 0 Å². The molecule has 0 atom stereocenters. The van der Waals surface area contributed by atoms with Gasteiger partial charge in [0, 0.05) is 11.1 Å². The first-order valence-corrected chi connectivity index (χ1v) is 10.9. The van der Waals surface area contributed by atoms with Crippen LogP contribution in [-0.2, 0) is 38.3 Å². The Balaban J connectivity index is 1.72. The molecule has 0 bridgehead atoms. The summed E-state index contributed by atoms with van der Waals surface area (Å²) in [5, 5.41) is 0. The van der Waals surface area contributed by atoms with E-state index in [2.05, 4.69) is 0 Å². The molecule has 0 spiro atoms. The Bertz CT molecular complexity index is 1140. The number of benzene rings is 3. The summed E-state index contributed by atoms with van der Waals surface area (Å²) >= 11 is 0. The Labute approximate surface area is 196 Å². The molecular weight excluding hydrogens is 483 g/mol. The van der Waals surface area contributed by atoms with Crippen LogP contribution < -0.4 is 0 Å². The molecule has 188 valence electrons. The van der Waals surface area contributed by atoms with E-state index in [-0.39, 0.29) is 42.4 Å². The minimum Gasteiger partial charge on any atom is -0.207 e. The van der Waals surface area contributed by atoms with Crippen LogP contribution in [0.25, 0.3) is 0 Å². The van der Waals surface area contributed by atoms with E-state index >= 15 is 0 Å². The van der Waals surface area contributed by atoms with Gasteiger partial charge in [-0.1, -0.05) is 13.3 Å². The first kappa shape index (κ1) is 26.6. The van der Waals surface area contributed by atoms with Gasteiger partial charge < -0.3 is 0 Å². The Kier molecular flexibility index (Phi) is 8.18. The molecule has 0 saturated carbocycles. The Morgan fingerprint density at radius 2 is 0.800 bits per heavy atom. The van der Waals surface area contributed by atoms with Gasteiger partial charge in [0.2, 0.25) is 0 Å². The summed E-state index contributed by atoms with van der Waals surface area (Å²) in [6, 6.07) is 5.41. The summed E-state index contributed by atoms with van der Waals surface area (Å²) in [6.45, 7) is 1.87. The fraction of sp³-hybridized carbons (Fsp3) is 0.308. The van der Waals surface area contributed by atoms with Crippen LogP contribution in [0.5, 0.6) is 0 Å². The molecule has 0 fully saturated rings. The van der Waals surface area contributed by atoms with Crippen LogP contribution in [0, 0.1) is 34.9 Å². The Hall–Kier alpha value is -2.97. The van der Waals surface area contributed by atoms with E-state index in [0.717, 1.165) is 12.1 Å². The molecular formula is C26H21F9. The van der Waals surface area contributed by atoms with E-state index in [9.17, 15) is 39.5 Å². The zero-order valence-electron chi connectivity index (χ0n) is 18.6. The summed E-state index contributed by atoms with van der Waals surface area (Å²) in [4.78, 5) is 0. The van der Waals surface area contributed by atoms with Crippen LogP contribution in [0.3, 0.4) is 0 Å². The van der Waals surface area contributed by atoms with Gasteiger partial charge in [0.05, 0.1) is 0 Å². The highest BCUT2D eigenvalue weighted by Crippen LogP contribution is 2.34. The molecule has 3 aromatic carbocycles. The van der Waals surface area contributed by atoms with E-state index in [1.54, 1.807) is 0 Å². The maximum absolute atomic E-state index is 14.5. The zero-order chi connectivity index (χ0) is 25.9. The number of aryl methyl sites for hydroxylation is 3. The van der Waals surface area contributed by atoms with E-state index in [1.807, 2.05) is 6.92 Å². The molecule has 0 aliphatic heterocycles. The van der Waals surface area contributed by atoms with E-state index in [1.165, 1.54) is 12.1 Å². The van der Waals surface area contributed by atoms with Crippen molar-refractivity contribution in [3.05, 3.63) is 105 Å². The third kappa shape index (κ3) is 6.38. The van der Waals surface area contributed by atoms with Crippen LogP contribution in [0.15, 0.2) is 36.4 Å². The SMILES string of the molecule is CCCc1cc(F)c(CCc2cc(F)c(CCc3cc(F)c(C(F)(F)F)c(F)c3)c(F)c2)c(F)c1. The van der Waals surface area contributed by atoms with Crippen molar-refractivity contribution in [3.63, 3.8) is 0 Å². The van der Waals surface area contributed by atoms with Crippen LogP contribution in [-0.4, -0.2) is 0 Å². The quantitative estimate of drug-likeness (QED) is 0.272. The fourth-order valence-electron chi connectivity index (χ4n) is 3.95. The lowest BCUT2D eigenvalue weighted by molar-refractivity contribution is -0.142. The molecule has 3 aromatic rings. The second kappa shape index (κ2) is 10.7. The molecule has 0 nitrogen and oxygen atoms in total. The predicted molar refractivity (Wildman–Crippen MR) is 113 cm³/mol. The standard InChI is InChI=1S/C26H21F9/c1-2-3-14-8-19(27)17(20(28)9-14)6-4-15-10-21(29)18(22(30)11-15)7-5-16-12-23(31)25(24(32)13-16)26(33,34)35/h8-13H,2-7H2,1H3. The zero-order valence-corrected chi connectivity index (χ0v) is 18.6. The van der Waals surface area contributed by atoms with E-state index in [4.69, 9.17) is 0 Å². The topological polar surface area (TPSA) is 0 Å². The van der Waals surface area contributed by atoms with Gasteiger partial charge in [-0.2, -0.15) is 13.2 Å². The third-order valence-electron chi connectivity index (χ3n) is 5.65. The van der Waals surface area contributed by atoms with Crippen molar-refractivity contribution < 1.29 is 39.5 Å². The molecule has 35 heavy (non-hydrogen) atoms. The normalized spacial score (nSPS) is 11.8. The summed E-state index contributed by atoms with van der Waals surface area (Å²) in [5.41, 5.74) is -2.19. The highest BCUT2D eigenvalue weighted by molar-refractivity contribution is 5.32. The minimum atomic E-state index is -5.22. The Morgan fingerprint density at radius 1 is 0.486 bits per heavy atom. The molecule has 0 N–H and O–H groups in total. The number of hydrogen-bond acceptors (Lipinski definition) is 0. The number of alkyl halides is 3. The van der Waals surface area contributed by atoms with Gasteiger partial charge in [-0.25, -0.2) is 26.3 Å². The monoisotopic (exact) mass is 504 g/mol. The highest BCUT2D eigenvalue weighted by atomic mass is 19.4. The van der Waals surface area contributed by atoms with Gasteiger partial charge in [0.25, 0.3) is 0 Å². The van der Waals surface area contributed by atoms with Gasteiger partial charge in [0.15, 0.2) is 0 Å². The lowest BCUT2D eigenvalue weighted by atomic mass is 9.97. The molecule has 0 radical (unpaired) electrons. The molecule has 9 heteroatoms. The molecule has 0 aliphatic rings. The molecule has 0 aliphatic carbocycles. The second-order valence-electron chi connectivity index (χ2n) is 8.26. The third-order valence-corrected chi connectivity index (χ3v) is 5.65. The van der Waals surface area contributed by atoms with Crippen LogP contribution in [0.2, 0.25) is 0 Å². The molecule has 3 rings (SSSR count). The highest BCUT2D eigenvalue weighted by Gasteiger charge is 2.37. The van der Waals surface area contributed by atoms with Gasteiger partial charge in [-0.3, -0.25) is 0 Å². The van der Waals surface area contributed by atoms with Crippen LogP contribution in [0.4, 0.5) is 39.5 Å². The van der Waals surface area contributed by atoms with Crippen LogP contribution in [0.1, 0.15) is 46.7 Å². The van der Waals surface area contributed by atoms with Crippen molar-refractivity contribution in [2.75, 3.05) is 0 Å². The summed E-state index contributed by atoms with van der Waals surface area (Å²) < 4.78 is 123. The maximum Gasteiger partial charge on any atom is 0.422 e. The summed E-state index contributed by atoms with van der Waals surface area (Å²) in [5.74, 6) is -7.06. The van der Waals surface area contributed by atoms with Crippen molar-refractivity contribution in [2.45, 2.75) is 51.6 Å². The fourth-order valence-corrected chi connectivity index (χ4v) is 3.95. The summed E-state index contributed by atoms with van der Waals surface area (Å²) in [6.07, 6.45) is -4.87. The predicted octanol–water partition coefficient (Wildman–Crippen LogP) is 8.06. The summed E-state index contributed by atoms with van der Waals surface area (Å²) in [7, 11) is 0. The average molecular weight is 504 g/mol. The van der Waals surface area contributed by atoms with Crippen molar-refractivity contribution in [1.29, 1.82) is 0 Å². The lowest BCUT2D eigenvalue weighted by Gasteiger charge is -2.12. The van der Waals surface area contributed by atoms with Gasteiger partial charge in [-0.15, -0.1) is 0 Å².